The maximum Gasteiger partial charge on any atom is 0.254 e. The fourth-order valence-corrected chi connectivity index (χ4v) is 3.05. The van der Waals surface area contributed by atoms with Gasteiger partial charge in [0.25, 0.3) is 5.91 Å². The van der Waals surface area contributed by atoms with Gasteiger partial charge in [0.1, 0.15) is 0 Å². The molecule has 1 aromatic rings. The number of benzene rings is 1. The van der Waals surface area contributed by atoms with E-state index in [9.17, 15) is 4.79 Å². The van der Waals surface area contributed by atoms with E-state index in [0.717, 1.165) is 37.2 Å². The van der Waals surface area contributed by atoms with Crippen LogP contribution in [0.3, 0.4) is 0 Å². The van der Waals surface area contributed by atoms with Crippen LogP contribution in [0.5, 0.6) is 0 Å². The largest absolute Gasteiger partial charge is 0.399 e. The van der Waals surface area contributed by atoms with E-state index in [1.165, 1.54) is 25.9 Å². The number of rotatable bonds is 4. The van der Waals surface area contributed by atoms with Gasteiger partial charge in [-0.2, -0.15) is 0 Å². The molecule has 102 valence electrons. The van der Waals surface area contributed by atoms with Crippen molar-refractivity contribution >= 4 is 11.6 Å². The molecule has 1 saturated heterocycles. The van der Waals surface area contributed by atoms with Crippen molar-refractivity contribution in [3.63, 3.8) is 0 Å². The van der Waals surface area contributed by atoms with Crippen molar-refractivity contribution in [2.75, 3.05) is 31.9 Å². The highest BCUT2D eigenvalue weighted by Gasteiger charge is 2.26. The van der Waals surface area contributed by atoms with Gasteiger partial charge in [0.15, 0.2) is 0 Å². The molecule has 2 heterocycles. The Bertz CT molecular complexity index is 480. The van der Waals surface area contributed by atoms with Crippen LogP contribution in [0.4, 0.5) is 5.69 Å². The second kappa shape index (κ2) is 5.21. The standard InChI is InChI=1S/C15H21N3O/c16-13-5-4-12-11-18(15(19)14(12)10-13)9-3-8-17-6-1-2-7-17/h4-5,10H,1-3,6-9,11,16H2. The van der Waals surface area contributed by atoms with Crippen LogP contribution in [0.25, 0.3) is 0 Å². The third-order valence-corrected chi connectivity index (χ3v) is 4.11. The number of anilines is 1. The first-order chi connectivity index (χ1) is 9.24. The summed E-state index contributed by atoms with van der Waals surface area (Å²) in [6.07, 6.45) is 3.72. The van der Waals surface area contributed by atoms with Gasteiger partial charge in [-0.05, 0) is 56.6 Å². The molecule has 0 radical (unpaired) electrons. The Morgan fingerprint density at radius 2 is 1.95 bits per heavy atom. The number of amides is 1. The van der Waals surface area contributed by atoms with E-state index in [-0.39, 0.29) is 5.91 Å². The number of nitrogens with zero attached hydrogens (tertiary/aromatic N) is 2. The van der Waals surface area contributed by atoms with Crippen molar-refractivity contribution in [1.82, 2.24) is 9.80 Å². The Labute approximate surface area is 114 Å². The molecule has 4 heteroatoms. The van der Waals surface area contributed by atoms with Crippen molar-refractivity contribution in [3.8, 4) is 0 Å². The van der Waals surface area contributed by atoms with Crippen LogP contribution in [0.1, 0.15) is 35.2 Å². The van der Waals surface area contributed by atoms with E-state index in [4.69, 9.17) is 5.73 Å². The van der Waals surface area contributed by atoms with Crippen molar-refractivity contribution in [3.05, 3.63) is 29.3 Å². The molecule has 2 aliphatic rings. The summed E-state index contributed by atoms with van der Waals surface area (Å²) < 4.78 is 0. The van der Waals surface area contributed by atoms with Gasteiger partial charge in [0.05, 0.1) is 0 Å². The van der Waals surface area contributed by atoms with Crippen molar-refractivity contribution in [2.24, 2.45) is 0 Å². The molecule has 1 aromatic carbocycles. The molecule has 0 atom stereocenters. The summed E-state index contributed by atoms with van der Waals surface area (Å²) in [6.45, 7) is 5.16. The Morgan fingerprint density at radius 3 is 2.74 bits per heavy atom. The van der Waals surface area contributed by atoms with Gasteiger partial charge in [0, 0.05) is 24.3 Å². The Balaban J connectivity index is 1.55. The zero-order valence-electron chi connectivity index (χ0n) is 11.3. The van der Waals surface area contributed by atoms with Crippen LogP contribution in [-0.2, 0) is 6.54 Å². The van der Waals surface area contributed by atoms with E-state index in [0.29, 0.717) is 5.69 Å². The number of hydrogen-bond acceptors (Lipinski definition) is 3. The Morgan fingerprint density at radius 1 is 1.16 bits per heavy atom. The molecule has 0 bridgehead atoms. The third-order valence-electron chi connectivity index (χ3n) is 4.11. The number of nitrogens with two attached hydrogens (primary N) is 1. The average Bonchev–Trinajstić information content (AvgIpc) is 3.00. The minimum atomic E-state index is 0.142. The number of hydrogen-bond donors (Lipinski definition) is 1. The van der Waals surface area contributed by atoms with Crippen LogP contribution < -0.4 is 5.73 Å². The molecule has 3 rings (SSSR count). The van der Waals surface area contributed by atoms with E-state index in [1.807, 2.05) is 17.0 Å². The summed E-state index contributed by atoms with van der Waals surface area (Å²) in [5, 5.41) is 0. The Kier molecular flexibility index (Phi) is 3.42. The molecule has 0 aliphatic carbocycles. The second-order valence-electron chi connectivity index (χ2n) is 5.55. The first kappa shape index (κ1) is 12.5. The number of nitrogen functional groups attached to an aromatic ring is 1. The number of carbonyl (C=O) groups is 1. The predicted octanol–water partition coefficient (Wildman–Crippen LogP) is 1.71. The molecular formula is C15H21N3O. The smallest absolute Gasteiger partial charge is 0.254 e. The van der Waals surface area contributed by atoms with Crippen molar-refractivity contribution in [2.45, 2.75) is 25.8 Å². The fraction of sp³-hybridized carbons (Fsp3) is 0.533. The van der Waals surface area contributed by atoms with Crippen LogP contribution in [0.2, 0.25) is 0 Å². The number of carbonyl (C=O) groups excluding carboxylic acids is 1. The molecular weight excluding hydrogens is 238 g/mol. The predicted molar refractivity (Wildman–Crippen MR) is 75.9 cm³/mol. The summed E-state index contributed by atoms with van der Waals surface area (Å²) in [6, 6.07) is 5.65. The maximum absolute atomic E-state index is 12.2. The molecule has 1 amide bonds. The van der Waals surface area contributed by atoms with Crippen LogP contribution >= 0.6 is 0 Å². The maximum atomic E-state index is 12.2. The van der Waals surface area contributed by atoms with E-state index in [1.54, 1.807) is 6.07 Å². The van der Waals surface area contributed by atoms with Gasteiger partial charge in [0.2, 0.25) is 0 Å². The summed E-state index contributed by atoms with van der Waals surface area (Å²) in [4.78, 5) is 16.7. The summed E-state index contributed by atoms with van der Waals surface area (Å²) >= 11 is 0. The number of likely N-dealkylation sites (tertiary alicyclic amines) is 1. The topological polar surface area (TPSA) is 49.6 Å². The minimum Gasteiger partial charge on any atom is -0.399 e. The van der Waals surface area contributed by atoms with Gasteiger partial charge in [-0.15, -0.1) is 0 Å². The lowest BCUT2D eigenvalue weighted by molar-refractivity contribution is 0.0772. The molecule has 0 unspecified atom stereocenters. The van der Waals surface area contributed by atoms with Crippen molar-refractivity contribution < 1.29 is 4.79 Å². The molecule has 0 spiro atoms. The van der Waals surface area contributed by atoms with Gasteiger partial charge in [-0.3, -0.25) is 4.79 Å². The Hall–Kier alpha value is -1.55. The van der Waals surface area contributed by atoms with Gasteiger partial charge >= 0.3 is 0 Å². The molecule has 4 nitrogen and oxygen atoms in total. The molecule has 1 fully saturated rings. The summed E-state index contributed by atoms with van der Waals surface area (Å²) in [7, 11) is 0. The molecule has 19 heavy (non-hydrogen) atoms. The van der Waals surface area contributed by atoms with Gasteiger partial charge < -0.3 is 15.5 Å². The lowest BCUT2D eigenvalue weighted by Gasteiger charge is -2.19. The third kappa shape index (κ3) is 2.59. The van der Waals surface area contributed by atoms with Crippen LogP contribution in [0.15, 0.2) is 18.2 Å². The fourth-order valence-electron chi connectivity index (χ4n) is 3.05. The zero-order chi connectivity index (χ0) is 13.2. The van der Waals surface area contributed by atoms with E-state index in [2.05, 4.69) is 4.90 Å². The lowest BCUT2D eigenvalue weighted by Crippen LogP contribution is -2.29. The summed E-state index contributed by atoms with van der Waals surface area (Å²) in [5.74, 6) is 0.142. The zero-order valence-corrected chi connectivity index (χ0v) is 11.3. The van der Waals surface area contributed by atoms with E-state index < -0.39 is 0 Å². The van der Waals surface area contributed by atoms with Gasteiger partial charge in [-0.1, -0.05) is 6.07 Å². The van der Waals surface area contributed by atoms with Crippen LogP contribution in [0, 0.1) is 0 Å². The highest BCUT2D eigenvalue weighted by atomic mass is 16.2. The van der Waals surface area contributed by atoms with Crippen molar-refractivity contribution in [1.29, 1.82) is 0 Å². The number of fused-ring (bicyclic) bond motifs is 1. The highest BCUT2D eigenvalue weighted by molar-refractivity contribution is 5.99. The SMILES string of the molecule is Nc1ccc2c(c1)C(=O)N(CCCN1CCCC1)C2. The molecule has 2 N–H and O–H groups in total. The quantitative estimate of drug-likeness (QED) is 0.837. The minimum absolute atomic E-state index is 0.142. The first-order valence-electron chi connectivity index (χ1n) is 7.14. The lowest BCUT2D eigenvalue weighted by atomic mass is 10.1. The normalized spacial score (nSPS) is 19.2. The molecule has 0 aromatic heterocycles. The van der Waals surface area contributed by atoms with E-state index >= 15 is 0 Å². The first-order valence-corrected chi connectivity index (χ1v) is 7.14. The second-order valence-corrected chi connectivity index (χ2v) is 5.55. The highest BCUT2D eigenvalue weighted by Crippen LogP contribution is 2.24. The summed E-state index contributed by atoms with van der Waals surface area (Å²) in [5.41, 5.74) is 8.32. The van der Waals surface area contributed by atoms with Gasteiger partial charge in [-0.25, -0.2) is 0 Å². The van der Waals surface area contributed by atoms with Crippen LogP contribution in [-0.4, -0.2) is 41.9 Å². The molecule has 2 aliphatic heterocycles. The average molecular weight is 259 g/mol. The molecule has 0 saturated carbocycles. The monoisotopic (exact) mass is 259 g/mol.